The lowest BCUT2D eigenvalue weighted by Crippen LogP contribution is -2.18. The van der Waals surface area contributed by atoms with Crippen LogP contribution in [0.1, 0.15) is 18.9 Å². The average molecular weight is 260 g/mol. The lowest BCUT2D eigenvalue weighted by molar-refractivity contribution is 0.162. The molecule has 2 aromatic carbocycles. The van der Waals surface area contributed by atoms with Crippen molar-refractivity contribution in [2.75, 3.05) is 0 Å². The molecule has 0 bridgehead atoms. The number of benzene rings is 2. The molecule has 2 aromatic rings. The molecule has 0 saturated heterocycles. The molecule has 2 heteroatoms. The van der Waals surface area contributed by atoms with E-state index in [0.29, 0.717) is 0 Å². The third-order valence-corrected chi connectivity index (χ3v) is 3.27. The molecule has 2 atom stereocenters. The molecule has 0 saturated carbocycles. The summed E-state index contributed by atoms with van der Waals surface area (Å²) >= 11 is 0. The Balaban J connectivity index is 2.07. The van der Waals surface area contributed by atoms with E-state index in [0.717, 1.165) is 16.7 Å². The Morgan fingerprint density at radius 3 is 1.95 bits per heavy atom. The normalized spacial score (nSPS) is 14.1. The minimum Gasteiger partial charge on any atom is -0.244 e. The van der Waals surface area contributed by atoms with Gasteiger partial charge in [-0.2, -0.15) is 0 Å². The second-order valence-electron chi connectivity index (χ2n) is 4.71. The minimum atomic E-state index is -1.41. The van der Waals surface area contributed by atoms with E-state index >= 15 is 0 Å². The lowest BCUT2D eigenvalue weighted by atomic mass is 10.0. The molecular weight excluding hydrogens is 242 g/mol. The monoisotopic (exact) mass is 260 g/mol. The Bertz CT molecular complexity index is 490. The van der Waals surface area contributed by atoms with Crippen LogP contribution in [0.15, 0.2) is 54.6 Å². The van der Waals surface area contributed by atoms with Crippen molar-refractivity contribution in [2.45, 2.75) is 32.1 Å². The summed E-state index contributed by atoms with van der Waals surface area (Å²) in [5.41, 5.74) is 3.05. The number of alkyl halides is 2. The van der Waals surface area contributed by atoms with Gasteiger partial charge in [0.2, 0.25) is 0 Å². The van der Waals surface area contributed by atoms with Crippen LogP contribution in [-0.2, 0) is 6.42 Å². The highest BCUT2D eigenvalue weighted by atomic mass is 19.2. The predicted molar refractivity (Wildman–Crippen MR) is 75.7 cm³/mol. The molecule has 0 nitrogen and oxygen atoms in total. The Labute approximate surface area is 113 Å². The van der Waals surface area contributed by atoms with Gasteiger partial charge in [-0.1, -0.05) is 61.5 Å². The summed E-state index contributed by atoms with van der Waals surface area (Å²) in [5.74, 6) is 0. The fraction of sp³-hybridized carbons (Fsp3) is 0.294. The SMILES string of the molecule is CCC(F)C(F)Cc1ccc(-c2ccccc2)cc1. The first-order chi connectivity index (χ1) is 9.20. The standard InChI is InChI=1S/C17H18F2/c1-2-16(18)17(19)12-13-8-10-15(11-9-13)14-6-4-3-5-7-14/h3-11,16-17H,2,12H2,1H3. The van der Waals surface area contributed by atoms with Gasteiger partial charge in [0.15, 0.2) is 0 Å². The molecule has 19 heavy (non-hydrogen) atoms. The molecule has 0 aliphatic rings. The highest BCUT2D eigenvalue weighted by molar-refractivity contribution is 5.63. The van der Waals surface area contributed by atoms with Crippen molar-refractivity contribution >= 4 is 0 Å². The molecule has 2 unspecified atom stereocenters. The van der Waals surface area contributed by atoms with Crippen LogP contribution in [0.3, 0.4) is 0 Å². The Hall–Kier alpha value is -1.70. The summed E-state index contributed by atoms with van der Waals surface area (Å²) in [6.45, 7) is 1.66. The first-order valence-electron chi connectivity index (χ1n) is 6.63. The van der Waals surface area contributed by atoms with Gasteiger partial charge in [-0.25, -0.2) is 8.78 Å². The molecule has 0 fully saturated rings. The van der Waals surface area contributed by atoms with Crippen LogP contribution in [0, 0.1) is 0 Å². The van der Waals surface area contributed by atoms with Gasteiger partial charge in [0.1, 0.15) is 12.3 Å². The summed E-state index contributed by atoms with van der Waals surface area (Å²) in [4.78, 5) is 0. The molecule has 100 valence electrons. The van der Waals surface area contributed by atoms with Crippen molar-refractivity contribution in [3.63, 3.8) is 0 Å². The first kappa shape index (κ1) is 13.7. The summed E-state index contributed by atoms with van der Waals surface area (Å²) < 4.78 is 26.7. The molecule has 0 aliphatic heterocycles. The van der Waals surface area contributed by atoms with E-state index < -0.39 is 12.3 Å². The molecule has 0 aliphatic carbocycles. The van der Waals surface area contributed by atoms with Crippen molar-refractivity contribution in [1.29, 1.82) is 0 Å². The number of hydrogen-bond acceptors (Lipinski definition) is 0. The van der Waals surface area contributed by atoms with Crippen LogP contribution in [0.5, 0.6) is 0 Å². The molecule has 0 N–H and O–H groups in total. The summed E-state index contributed by atoms with van der Waals surface area (Å²) in [6.07, 6.45) is -2.41. The lowest BCUT2D eigenvalue weighted by Gasteiger charge is -2.12. The molecule has 0 radical (unpaired) electrons. The van der Waals surface area contributed by atoms with Gasteiger partial charge in [-0.3, -0.25) is 0 Å². The Kier molecular flexibility index (Phi) is 4.67. The van der Waals surface area contributed by atoms with Crippen LogP contribution in [0.2, 0.25) is 0 Å². The summed E-state index contributed by atoms with van der Waals surface area (Å²) in [7, 11) is 0. The highest BCUT2D eigenvalue weighted by Crippen LogP contribution is 2.21. The predicted octanol–water partition coefficient (Wildman–Crippen LogP) is 4.98. The Morgan fingerprint density at radius 2 is 1.37 bits per heavy atom. The van der Waals surface area contributed by atoms with E-state index in [2.05, 4.69) is 0 Å². The summed E-state index contributed by atoms with van der Waals surface area (Å²) in [5, 5.41) is 0. The fourth-order valence-corrected chi connectivity index (χ4v) is 2.07. The van der Waals surface area contributed by atoms with Gasteiger partial charge in [0.05, 0.1) is 0 Å². The van der Waals surface area contributed by atoms with Crippen molar-refractivity contribution in [3.05, 3.63) is 60.2 Å². The maximum Gasteiger partial charge on any atom is 0.135 e. The maximum atomic E-state index is 13.5. The minimum absolute atomic E-state index is 0.143. The smallest absolute Gasteiger partial charge is 0.135 e. The van der Waals surface area contributed by atoms with Gasteiger partial charge in [-0.15, -0.1) is 0 Å². The summed E-state index contributed by atoms with van der Waals surface area (Å²) in [6, 6.07) is 17.6. The molecule has 0 amide bonds. The van der Waals surface area contributed by atoms with Crippen molar-refractivity contribution in [3.8, 4) is 11.1 Å². The third-order valence-electron chi connectivity index (χ3n) is 3.27. The molecule has 2 rings (SSSR count). The van der Waals surface area contributed by atoms with Crippen LogP contribution < -0.4 is 0 Å². The first-order valence-corrected chi connectivity index (χ1v) is 6.63. The molecule has 0 heterocycles. The third kappa shape index (κ3) is 3.63. The van der Waals surface area contributed by atoms with E-state index in [4.69, 9.17) is 0 Å². The number of halogens is 2. The van der Waals surface area contributed by atoms with Crippen molar-refractivity contribution < 1.29 is 8.78 Å². The van der Waals surface area contributed by atoms with Gasteiger partial charge in [0, 0.05) is 6.42 Å². The van der Waals surface area contributed by atoms with Gasteiger partial charge in [0.25, 0.3) is 0 Å². The van der Waals surface area contributed by atoms with Gasteiger partial charge >= 0.3 is 0 Å². The second kappa shape index (κ2) is 6.46. The number of hydrogen-bond donors (Lipinski definition) is 0. The quantitative estimate of drug-likeness (QED) is 0.711. The number of rotatable bonds is 5. The van der Waals surface area contributed by atoms with E-state index in [9.17, 15) is 8.78 Å². The Morgan fingerprint density at radius 1 is 0.789 bits per heavy atom. The van der Waals surface area contributed by atoms with E-state index in [1.54, 1.807) is 6.92 Å². The van der Waals surface area contributed by atoms with Crippen molar-refractivity contribution in [1.82, 2.24) is 0 Å². The maximum absolute atomic E-state index is 13.5. The van der Waals surface area contributed by atoms with E-state index in [1.165, 1.54) is 0 Å². The topological polar surface area (TPSA) is 0 Å². The van der Waals surface area contributed by atoms with Crippen molar-refractivity contribution in [2.24, 2.45) is 0 Å². The largest absolute Gasteiger partial charge is 0.244 e. The van der Waals surface area contributed by atoms with Crippen LogP contribution in [-0.4, -0.2) is 12.3 Å². The zero-order valence-corrected chi connectivity index (χ0v) is 11.0. The molecule has 0 aromatic heterocycles. The zero-order valence-electron chi connectivity index (χ0n) is 11.0. The fourth-order valence-electron chi connectivity index (χ4n) is 2.07. The zero-order chi connectivity index (χ0) is 13.7. The van der Waals surface area contributed by atoms with Crippen LogP contribution >= 0.6 is 0 Å². The molecular formula is C17H18F2. The average Bonchev–Trinajstić information content (AvgIpc) is 2.48. The molecule has 0 spiro atoms. The highest BCUT2D eigenvalue weighted by Gasteiger charge is 2.18. The van der Waals surface area contributed by atoms with E-state index in [-0.39, 0.29) is 12.8 Å². The van der Waals surface area contributed by atoms with Crippen LogP contribution in [0.4, 0.5) is 8.78 Å². The van der Waals surface area contributed by atoms with Gasteiger partial charge in [-0.05, 0) is 23.1 Å². The van der Waals surface area contributed by atoms with E-state index in [1.807, 2.05) is 54.6 Å². The van der Waals surface area contributed by atoms with Crippen LogP contribution in [0.25, 0.3) is 11.1 Å². The van der Waals surface area contributed by atoms with Gasteiger partial charge < -0.3 is 0 Å². The second-order valence-corrected chi connectivity index (χ2v) is 4.71.